The lowest BCUT2D eigenvalue weighted by Gasteiger charge is -2.19. The maximum absolute atomic E-state index is 12.6. The molecule has 0 atom stereocenters. The molecule has 3 aromatic rings. The van der Waals surface area contributed by atoms with Crippen LogP contribution >= 0.6 is 11.3 Å². The molecule has 0 bridgehead atoms. The lowest BCUT2D eigenvalue weighted by Crippen LogP contribution is -2.30. The average molecular weight is 349 g/mol. The molecule has 0 radical (unpaired) electrons. The van der Waals surface area contributed by atoms with Crippen LogP contribution in [0.15, 0.2) is 66.3 Å². The lowest BCUT2D eigenvalue weighted by atomic mass is 10.3. The summed E-state index contributed by atoms with van der Waals surface area (Å²) < 4.78 is 1.81. The molecule has 25 heavy (non-hydrogen) atoms. The number of hydrogen-bond acceptors (Lipinski definition) is 3. The van der Waals surface area contributed by atoms with Crippen LogP contribution < -0.4 is 0 Å². The number of carbonyl (C=O) groups excluding carboxylic acids is 1. The van der Waals surface area contributed by atoms with Crippen LogP contribution in [0, 0.1) is 0 Å². The van der Waals surface area contributed by atoms with Crippen molar-refractivity contribution in [2.75, 3.05) is 0 Å². The van der Waals surface area contributed by atoms with Crippen LogP contribution in [0.5, 0.6) is 0 Å². The zero-order valence-electron chi connectivity index (χ0n) is 13.8. The van der Waals surface area contributed by atoms with Gasteiger partial charge in [0.25, 0.3) is 0 Å². The van der Waals surface area contributed by atoms with Crippen LogP contribution in [0.1, 0.15) is 23.3 Å². The van der Waals surface area contributed by atoms with Gasteiger partial charge in [0, 0.05) is 28.8 Å². The van der Waals surface area contributed by atoms with Gasteiger partial charge in [-0.2, -0.15) is 5.10 Å². The van der Waals surface area contributed by atoms with Crippen LogP contribution in [0.3, 0.4) is 0 Å². The predicted molar refractivity (Wildman–Crippen MR) is 100 cm³/mol. The van der Waals surface area contributed by atoms with Crippen molar-refractivity contribution in [3.8, 4) is 5.69 Å². The quantitative estimate of drug-likeness (QED) is 0.627. The third-order valence-corrected chi connectivity index (χ3v) is 5.08. The van der Waals surface area contributed by atoms with Gasteiger partial charge in [0.1, 0.15) is 0 Å². The van der Waals surface area contributed by atoms with Crippen LogP contribution in [0.4, 0.5) is 0 Å². The number of benzene rings is 1. The summed E-state index contributed by atoms with van der Waals surface area (Å²) in [5.74, 6) is 0.0726. The molecule has 0 saturated heterocycles. The number of aromatic nitrogens is 2. The van der Waals surface area contributed by atoms with E-state index in [0.29, 0.717) is 12.6 Å². The van der Waals surface area contributed by atoms with Crippen LogP contribution in [0.25, 0.3) is 11.8 Å². The fourth-order valence-corrected chi connectivity index (χ4v) is 3.45. The smallest absolute Gasteiger partial charge is 0.247 e. The van der Waals surface area contributed by atoms with Crippen molar-refractivity contribution < 1.29 is 4.79 Å². The Kier molecular flexibility index (Phi) is 4.48. The highest BCUT2D eigenvalue weighted by atomic mass is 32.1. The molecule has 1 amide bonds. The van der Waals surface area contributed by atoms with Crippen LogP contribution in [-0.2, 0) is 11.3 Å². The van der Waals surface area contributed by atoms with Crippen molar-refractivity contribution in [3.63, 3.8) is 0 Å². The zero-order valence-corrected chi connectivity index (χ0v) is 14.6. The molecular formula is C20H19N3OS. The number of hydrogen-bond donors (Lipinski definition) is 0. The standard InChI is InChI=1S/C20H19N3OS/c24-20(22(17-9-10-17)15-19-7-4-12-25-19)11-8-16-13-21-23(14-16)18-5-2-1-3-6-18/h1-8,11-14,17H,9-10,15H2/b11-8+. The van der Waals surface area contributed by atoms with E-state index in [-0.39, 0.29) is 5.91 Å². The predicted octanol–water partition coefficient (Wildman–Crippen LogP) is 4.14. The van der Waals surface area contributed by atoms with Crippen molar-refractivity contribution >= 4 is 23.3 Å². The van der Waals surface area contributed by atoms with Crippen molar-refractivity contribution in [1.29, 1.82) is 0 Å². The maximum Gasteiger partial charge on any atom is 0.247 e. The SMILES string of the molecule is O=C(/C=C/c1cnn(-c2ccccc2)c1)N(Cc1cccs1)C1CC1. The molecule has 1 fully saturated rings. The molecule has 4 nitrogen and oxygen atoms in total. The molecule has 0 spiro atoms. The monoisotopic (exact) mass is 349 g/mol. The number of thiophene rings is 1. The molecule has 5 heteroatoms. The zero-order chi connectivity index (χ0) is 17.1. The summed E-state index contributed by atoms with van der Waals surface area (Å²) in [6.07, 6.45) is 9.43. The highest BCUT2D eigenvalue weighted by Crippen LogP contribution is 2.29. The van der Waals surface area contributed by atoms with E-state index in [1.54, 1.807) is 23.6 Å². The van der Waals surface area contributed by atoms with E-state index in [1.165, 1.54) is 4.88 Å². The third-order valence-electron chi connectivity index (χ3n) is 4.22. The number of amides is 1. The Morgan fingerprint density at radius 2 is 2.08 bits per heavy atom. The molecule has 1 aliphatic rings. The third kappa shape index (κ3) is 3.88. The molecule has 1 aromatic carbocycles. The maximum atomic E-state index is 12.6. The summed E-state index contributed by atoms with van der Waals surface area (Å²) in [5, 5.41) is 6.41. The first kappa shape index (κ1) is 15.8. The average Bonchev–Trinajstić information content (AvgIpc) is 3.16. The topological polar surface area (TPSA) is 38.1 Å². The molecule has 0 N–H and O–H groups in total. The Hall–Kier alpha value is -2.66. The normalized spacial score (nSPS) is 14.1. The van der Waals surface area contributed by atoms with E-state index >= 15 is 0 Å². The van der Waals surface area contributed by atoms with Gasteiger partial charge < -0.3 is 4.90 Å². The van der Waals surface area contributed by atoms with E-state index in [9.17, 15) is 4.79 Å². The van der Waals surface area contributed by atoms with Gasteiger partial charge in [0.15, 0.2) is 0 Å². The Morgan fingerprint density at radius 1 is 1.24 bits per heavy atom. The number of nitrogens with zero attached hydrogens (tertiary/aromatic N) is 3. The molecule has 126 valence electrons. The fraction of sp³-hybridized carbons (Fsp3) is 0.200. The number of para-hydroxylation sites is 1. The molecule has 0 unspecified atom stereocenters. The van der Waals surface area contributed by atoms with E-state index in [2.05, 4.69) is 16.5 Å². The molecule has 2 aromatic heterocycles. The summed E-state index contributed by atoms with van der Waals surface area (Å²) in [6, 6.07) is 14.5. The second-order valence-electron chi connectivity index (χ2n) is 6.16. The summed E-state index contributed by atoms with van der Waals surface area (Å²) >= 11 is 1.70. The number of carbonyl (C=O) groups is 1. The van der Waals surface area contributed by atoms with E-state index in [4.69, 9.17) is 0 Å². The Labute approximate surface area is 151 Å². The van der Waals surface area contributed by atoms with Gasteiger partial charge in [0.2, 0.25) is 5.91 Å². The molecule has 1 saturated carbocycles. The van der Waals surface area contributed by atoms with Gasteiger partial charge in [-0.3, -0.25) is 4.79 Å². The highest BCUT2D eigenvalue weighted by molar-refractivity contribution is 7.09. The van der Waals surface area contributed by atoms with Gasteiger partial charge >= 0.3 is 0 Å². The summed E-state index contributed by atoms with van der Waals surface area (Å²) in [7, 11) is 0. The van der Waals surface area contributed by atoms with E-state index < -0.39 is 0 Å². The van der Waals surface area contributed by atoms with Crippen LogP contribution in [-0.4, -0.2) is 26.6 Å². The van der Waals surface area contributed by atoms with Crippen molar-refractivity contribution in [3.05, 3.63) is 76.8 Å². The Morgan fingerprint density at radius 3 is 2.80 bits per heavy atom. The Bertz CT molecular complexity index is 864. The van der Waals surface area contributed by atoms with Crippen LogP contribution in [0.2, 0.25) is 0 Å². The van der Waals surface area contributed by atoms with Gasteiger partial charge in [-0.05, 0) is 42.5 Å². The minimum atomic E-state index is 0.0726. The Balaban J connectivity index is 1.45. The minimum absolute atomic E-state index is 0.0726. The molecule has 2 heterocycles. The second kappa shape index (κ2) is 7.07. The van der Waals surface area contributed by atoms with Gasteiger partial charge in [-0.25, -0.2) is 4.68 Å². The van der Waals surface area contributed by atoms with Gasteiger partial charge in [0.05, 0.1) is 18.4 Å². The molecule has 4 rings (SSSR count). The first-order valence-corrected chi connectivity index (χ1v) is 9.29. The first-order chi connectivity index (χ1) is 12.3. The van der Waals surface area contributed by atoms with Crippen molar-refractivity contribution in [2.45, 2.75) is 25.4 Å². The van der Waals surface area contributed by atoms with Crippen molar-refractivity contribution in [1.82, 2.24) is 14.7 Å². The number of rotatable bonds is 6. The van der Waals surface area contributed by atoms with Gasteiger partial charge in [-0.15, -0.1) is 11.3 Å². The second-order valence-corrected chi connectivity index (χ2v) is 7.20. The fourth-order valence-electron chi connectivity index (χ4n) is 2.75. The van der Waals surface area contributed by atoms with E-state index in [0.717, 1.165) is 24.1 Å². The summed E-state index contributed by atoms with van der Waals surface area (Å²) in [5.41, 5.74) is 1.93. The highest BCUT2D eigenvalue weighted by Gasteiger charge is 2.31. The molecular weight excluding hydrogens is 330 g/mol. The molecule has 0 aliphatic heterocycles. The van der Waals surface area contributed by atoms with E-state index in [1.807, 2.05) is 58.3 Å². The first-order valence-electron chi connectivity index (χ1n) is 8.41. The molecule has 1 aliphatic carbocycles. The van der Waals surface area contributed by atoms with Gasteiger partial charge in [-0.1, -0.05) is 24.3 Å². The lowest BCUT2D eigenvalue weighted by molar-refractivity contribution is -0.127. The van der Waals surface area contributed by atoms with Crippen molar-refractivity contribution in [2.24, 2.45) is 0 Å². The summed E-state index contributed by atoms with van der Waals surface area (Å²) in [6.45, 7) is 0.703. The largest absolute Gasteiger partial charge is 0.331 e. The minimum Gasteiger partial charge on any atom is -0.331 e. The summed E-state index contributed by atoms with van der Waals surface area (Å²) in [4.78, 5) is 15.8.